The van der Waals surface area contributed by atoms with Gasteiger partial charge in [0.15, 0.2) is 9.84 Å². The first-order valence-corrected chi connectivity index (χ1v) is 8.95. The van der Waals surface area contributed by atoms with Crippen molar-refractivity contribution in [3.8, 4) is 5.75 Å². The summed E-state index contributed by atoms with van der Waals surface area (Å²) in [5.74, 6) is 0.238. The smallest absolute Gasteiger partial charge is 0.238 e. The Bertz CT molecular complexity index is 629. The fourth-order valence-electron chi connectivity index (χ4n) is 2.00. The highest BCUT2D eigenvalue weighted by molar-refractivity contribution is 9.10. The summed E-state index contributed by atoms with van der Waals surface area (Å²) < 4.78 is 29.3. The molecule has 20 heavy (non-hydrogen) atoms. The Morgan fingerprint density at radius 2 is 2.20 bits per heavy atom. The third-order valence-electron chi connectivity index (χ3n) is 3.34. The number of ether oxygens (including phenoxy) is 1. The summed E-state index contributed by atoms with van der Waals surface area (Å²) in [7, 11) is -3.39. The molecule has 0 fully saturated rings. The lowest BCUT2D eigenvalue weighted by molar-refractivity contribution is -0.121. The van der Waals surface area contributed by atoms with Crippen molar-refractivity contribution in [3.63, 3.8) is 0 Å². The van der Waals surface area contributed by atoms with Crippen molar-refractivity contribution in [3.05, 3.63) is 28.2 Å². The molecule has 0 aromatic heterocycles. The van der Waals surface area contributed by atoms with E-state index < -0.39 is 21.0 Å². The molecule has 0 saturated carbocycles. The molecule has 0 aliphatic carbocycles. The van der Waals surface area contributed by atoms with Crippen LogP contribution in [0.1, 0.15) is 24.9 Å². The second-order valence-corrected chi connectivity index (χ2v) is 8.13. The molecule has 0 radical (unpaired) electrons. The molecule has 7 heteroatoms. The Hall–Kier alpha value is -1.08. The van der Waals surface area contributed by atoms with Crippen molar-refractivity contribution >= 4 is 31.7 Å². The highest BCUT2D eigenvalue weighted by Crippen LogP contribution is 2.34. The van der Waals surface area contributed by atoms with Crippen molar-refractivity contribution < 1.29 is 17.9 Å². The Morgan fingerprint density at radius 1 is 1.50 bits per heavy atom. The Labute approximate surface area is 126 Å². The van der Waals surface area contributed by atoms with Gasteiger partial charge in [0.05, 0.1) is 12.6 Å². The summed E-state index contributed by atoms with van der Waals surface area (Å²) in [5.41, 5.74) is 0.861. The van der Waals surface area contributed by atoms with E-state index in [1.807, 2.05) is 18.2 Å². The zero-order valence-electron chi connectivity index (χ0n) is 11.2. The van der Waals surface area contributed by atoms with E-state index in [0.717, 1.165) is 22.0 Å². The second-order valence-electron chi connectivity index (χ2n) is 4.85. The first kappa shape index (κ1) is 15.3. The number of carbonyl (C=O) groups is 1. The minimum absolute atomic E-state index is 0.229. The van der Waals surface area contributed by atoms with Crippen LogP contribution in [-0.2, 0) is 14.6 Å². The fraction of sp³-hybridized carbons (Fsp3) is 0.462. The molecule has 2 atom stereocenters. The van der Waals surface area contributed by atoms with Crippen LogP contribution in [-0.4, -0.2) is 32.4 Å². The number of rotatable bonds is 3. The van der Waals surface area contributed by atoms with Gasteiger partial charge in [-0.3, -0.25) is 4.79 Å². The van der Waals surface area contributed by atoms with Gasteiger partial charge in [0.1, 0.15) is 11.0 Å². The number of fused-ring (bicyclic) bond motifs is 1. The molecule has 0 saturated heterocycles. The summed E-state index contributed by atoms with van der Waals surface area (Å²) in [6, 6.07) is 5.35. The van der Waals surface area contributed by atoms with Gasteiger partial charge in [0.25, 0.3) is 0 Å². The minimum atomic E-state index is -3.39. The van der Waals surface area contributed by atoms with Crippen LogP contribution in [0.2, 0.25) is 0 Å². The number of hydrogen-bond donors (Lipinski definition) is 1. The molecule has 1 aliphatic rings. The molecule has 1 aromatic carbocycles. The largest absolute Gasteiger partial charge is 0.493 e. The highest BCUT2D eigenvalue weighted by atomic mass is 79.9. The van der Waals surface area contributed by atoms with Gasteiger partial charge in [-0.15, -0.1) is 0 Å². The van der Waals surface area contributed by atoms with Gasteiger partial charge >= 0.3 is 0 Å². The average Bonchev–Trinajstić information content (AvgIpc) is 2.37. The average molecular weight is 362 g/mol. The molecule has 1 heterocycles. The molecular formula is C13H16BrNO4S. The highest BCUT2D eigenvalue weighted by Gasteiger charge is 2.28. The van der Waals surface area contributed by atoms with Crippen molar-refractivity contribution in [2.75, 3.05) is 12.9 Å². The van der Waals surface area contributed by atoms with Crippen LogP contribution < -0.4 is 10.1 Å². The van der Waals surface area contributed by atoms with E-state index in [1.165, 1.54) is 6.92 Å². The zero-order chi connectivity index (χ0) is 14.9. The number of sulfone groups is 1. The maximum Gasteiger partial charge on any atom is 0.238 e. The second kappa shape index (κ2) is 5.73. The van der Waals surface area contributed by atoms with E-state index in [9.17, 15) is 13.2 Å². The number of halogens is 1. The first-order valence-electron chi connectivity index (χ1n) is 6.20. The van der Waals surface area contributed by atoms with Crippen LogP contribution in [0.15, 0.2) is 22.7 Å². The normalized spacial score (nSPS) is 19.6. The maximum atomic E-state index is 12.0. The fourth-order valence-corrected chi connectivity index (χ4v) is 2.83. The lowest BCUT2D eigenvalue weighted by Crippen LogP contribution is -2.40. The molecule has 0 spiro atoms. The molecule has 1 N–H and O–H groups in total. The molecule has 2 rings (SSSR count). The maximum absolute atomic E-state index is 12.0. The Morgan fingerprint density at radius 3 is 2.85 bits per heavy atom. The van der Waals surface area contributed by atoms with Gasteiger partial charge in [-0.25, -0.2) is 8.42 Å². The van der Waals surface area contributed by atoms with Gasteiger partial charge < -0.3 is 10.1 Å². The number of benzene rings is 1. The molecular weight excluding hydrogens is 346 g/mol. The van der Waals surface area contributed by atoms with Gasteiger partial charge in [-0.05, 0) is 25.1 Å². The van der Waals surface area contributed by atoms with Crippen molar-refractivity contribution in [2.45, 2.75) is 24.6 Å². The van der Waals surface area contributed by atoms with Crippen LogP contribution in [0.5, 0.6) is 5.75 Å². The molecule has 1 aliphatic heterocycles. The lowest BCUT2D eigenvalue weighted by Gasteiger charge is -2.27. The van der Waals surface area contributed by atoms with Crippen LogP contribution in [0.4, 0.5) is 0 Å². The number of nitrogens with one attached hydrogen (secondary N) is 1. The summed E-state index contributed by atoms with van der Waals surface area (Å²) in [4.78, 5) is 12.0. The molecule has 110 valence electrons. The number of hydrogen-bond acceptors (Lipinski definition) is 4. The van der Waals surface area contributed by atoms with Crippen LogP contribution in [0, 0.1) is 0 Å². The summed E-state index contributed by atoms with van der Waals surface area (Å²) in [6.07, 6.45) is 1.68. The van der Waals surface area contributed by atoms with Gasteiger partial charge in [0, 0.05) is 22.7 Å². The van der Waals surface area contributed by atoms with Gasteiger partial charge in [-0.1, -0.05) is 15.9 Å². The van der Waals surface area contributed by atoms with E-state index in [-0.39, 0.29) is 6.04 Å². The first-order chi connectivity index (χ1) is 9.29. The monoisotopic (exact) mass is 361 g/mol. The Kier molecular flexibility index (Phi) is 4.39. The van der Waals surface area contributed by atoms with E-state index in [4.69, 9.17) is 4.74 Å². The molecule has 5 nitrogen and oxygen atoms in total. The van der Waals surface area contributed by atoms with Crippen molar-refractivity contribution in [1.82, 2.24) is 5.32 Å². The Balaban J connectivity index is 2.20. The summed E-state index contributed by atoms with van der Waals surface area (Å²) in [6.45, 7) is 1.89. The van der Waals surface area contributed by atoms with Crippen LogP contribution >= 0.6 is 15.9 Å². The van der Waals surface area contributed by atoms with Gasteiger partial charge in [-0.2, -0.15) is 0 Å². The molecule has 0 bridgehead atoms. The van der Waals surface area contributed by atoms with Crippen molar-refractivity contribution in [1.29, 1.82) is 0 Å². The quantitative estimate of drug-likeness (QED) is 0.891. The molecule has 1 aromatic rings. The van der Waals surface area contributed by atoms with Gasteiger partial charge in [0.2, 0.25) is 5.91 Å². The predicted octanol–water partition coefficient (Wildman–Crippen LogP) is 1.82. The molecule has 1 amide bonds. The molecule has 0 unspecified atom stereocenters. The van der Waals surface area contributed by atoms with Crippen LogP contribution in [0.25, 0.3) is 0 Å². The lowest BCUT2D eigenvalue weighted by atomic mass is 10.0. The van der Waals surface area contributed by atoms with Crippen LogP contribution in [0.3, 0.4) is 0 Å². The number of carbonyl (C=O) groups excluding carboxylic acids is 1. The van der Waals surface area contributed by atoms with E-state index in [1.54, 1.807) is 0 Å². The minimum Gasteiger partial charge on any atom is -0.493 e. The standard InChI is InChI=1S/C13H16BrNO4S/c1-8(20(2,17)18)13(16)15-11-5-6-19-12-4-3-9(14)7-10(11)12/h3-4,7-8,11H,5-6H2,1-2H3,(H,15,16)/t8-,11-/m0/s1. The van der Waals surface area contributed by atoms with E-state index in [2.05, 4.69) is 21.2 Å². The van der Waals surface area contributed by atoms with E-state index in [0.29, 0.717) is 13.0 Å². The number of amides is 1. The van der Waals surface area contributed by atoms with E-state index >= 15 is 0 Å². The SMILES string of the molecule is C[C@@H](C(=O)N[C@H]1CCOc2ccc(Br)cc21)S(C)(=O)=O. The predicted molar refractivity (Wildman–Crippen MR) is 79.4 cm³/mol. The third kappa shape index (κ3) is 3.32. The van der Waals surface area contributed by atoms with Crippen molar-refractivity contribution in [2.24, 2.45) is 0 Å². The topological polar surface area (TPSA) is 72.5 Å². The summed E-state index contributed by atoms with van der Waals surface area (Å²) >= 11 is 3.38. The summed E-state index contributed by atoms with van der Waals surface area (Å²) in [5, 5.41) is 1.73. The zero-order valence-corrected chi connectivity index (χ0v) is 13.6. The third-order valence-corrected chi connectivity index (χ3v) is 5.33.